The first-order valence-electron chi connectivity index (χ1n) is 10.4. The largest absolute Gasteiger partial charge is 0.790 e. The molecule has 1 atom stereocenters. The van der Waals surface area contributed by atoms with Crippen molar-refractivity contribution >= 4 is 13.8 Å². The molecule has 0 saturated heterocycles. The van der Waals surface area contributed by atoms with Gasteiger partial charge in [-0.15, -0.1) is 0 Å². The first kappa shape index (κ1) is 26.5. The van der Waals surface area contributed by atoms with Crippen LogP contribution in [-0.4, -0.2) is 30.4 Å². The Morgan fingerprint density at radius 1 is 0.889 bits per heavy atom. The Hall–Kier alpha value is -0.460. The van der Waals surface area contributed by atoms with Gasteiger partial charge in [-0.3, -0.25) is 4.79 Å². The fourth-order valence-corrected chi connectivity index (χ4v) is 3.18. The van der Waals surface area contributed by atoms with Crippen molar-refractivity contribution in [2.24, 2.45) is 0 Å². The summed E-state index contributed by atoms with van der Waals surface area (Å²) < 4.78 is 19.3. The topological polar surface area (TPSA) is 119 Å². The van der Waals surface area contributed by atoms with Crippen LogP contribution in [0, 0.1) is 0 Å². The summed E-state index contributed by atoms with van der Waals surface area (Å²) in [5.41, 5.74) is 0. The second-order valence-corrected chi connectivity index (χ2v) is 8.18. The molecule has 0 heterocycles. The zero-order valence-electron chi connectivity index (χ0n) is 16.7. The Bertz CT molecular complexity index is 398. The molecule has 162 valence electrons. The number of carbonyl (C=O) groups is 1. The van der Waals surface area contributed by atoms with Crippen molar-refractivity contribution in [3.63, 3.8) is 0 Å². The van der Waals surface area contributed by atoms with Gasteiger partial charge in [0.15, 0.2) is 0 Å². The van der Waals surface area contributed by atoms with Crippen LogP contribution in [0.15, 0.2) is 0 Å². The molecule has 0 aliphatic heterocycles. The maximum atomic E-state index is 11.6. The predicted molar refractivity (Wildman–Crippen MR) is 101 cm³/mol. The molecule has 0 aromatic carbocycles. The number of ether oxygens (including phenoxy) is 1. The Labute approximate surface area is 164 Å². The van der Waals surface area contributed by atoms with Gasteiger partial charge in [0.1, 0.15) is 6.10 Å². The molecule has 0 saturated carbocycles. The smallest absolute Gasteiger partial charge is 0.306 e. The van der Waals surface area contributed by atoms with Crippen LogP contribution in [0.4, 0.5) is 0 Å². The number of carbonyl (C=O) groups excluding carboxylic acids is 1. The molecule has 0 aromatic rings. The van der Waals surface area contributed by atoms with Gasteiger partial charge in [-0.25, -0.2) is 0 Å². The molecule has 0 aromatic heterocycles. The quantitative estimate of drug-likeness (QED) is 0.198. The fraction of sp³-hybridized carbons (Fsp3) is 0.947. The number of aliphatic hydroxyl groups excluding tert-OH is 1. The average molecular weight is 408 g/mol. The van der Waals surface area contributed by atoms with Gasteiger partial charge in [0, 0.05) is 6.42 Å². The Morgan fingerprint density at radius 3 is 1.74 bits per heavy atom. The lowest BCUT2D eigenvalue weighted by atomic mass is 10.0. The molecule has 0 rings (SSSR count). The molecule has 0 amide bonds. The van der Waals surface area contributed by atoms with Crippen molar-refractivity contribution in [3.05, 3.63) is 0 Å². The van der Waals surface area contributed by atoms with Crippen molar-refractivity contribution in [3.8, 4) is 0 Å². The standard InChI is InChI=1S/C19H39O7P/c1-2-3-4-5-6-7-8-9-10-11-12-13-14-15-19(21)26-18(16-20)17-25-27(22,23)24/h18,20H,2-17H2,1H3,(H2,22,23,24)/p-2/t18-/m1/s1. The molecular weight excluding hydrogens is 371 g/mol. The minimum atomic E-state index is -5.13. The van der Waals surface area contributed by atoms with Gasteiger partial charge in [-0.1, -0.05) is 84.0 Å². The van der Waals surface area contributed by atoms with Crippen molar-refractivity contribution in [2.75, 3.05) is 13.2 Å². The molecule has 0 radical (unpaired) electrons. The number of phosphoric ester groups is 1. The molecule has 0 aliphatic carbocycles. The molecule has 0 aliphatic rings. The van der Waals surface area contributed by atoms with E-state index in [4.69, 9.17) is 9.84 Å². The average Bonchev–Trinajstić information content (AvgIpc) is 2.61. The molecular formula is C19H37O7P-2. The van der Waals surface area contributed by atoms with Crippen LogP contribution in [0.1, 0.15) is 96.8 Å². The number of rotatable bonds is 19. The molecule has 8 heteroatoms. The minimum absolute atomic E-state index is 0.209. The van der Waals surface area contributed by atoms with E-state index in [9.17, 15) is 19.1 Å². The number of phosphoric acid groups is 1. The Morgan fingerprint density at radius 2 is 1.33 bits per heavy atom. The highest BCUT2D eigenvalue weighted by Gasteiger charge is 2.14. The fourth-order valence-electron chi connectivity index (χ4n) is 2.83. The lowest BCUT2D eigenvalue weighted by Crippen LogP contribution is -2.29. The number of hydrogen-bond acceptors (Lipinski definition) is 7. The van der Waals surface area contributed by atoms with E-state index in [1.165, 1.54) is 64.2 Å². The van der Waals surface area contributed by atoms with Gasteiger partial charge in [0.25, 0.3) is 0 Å². The molecule has 0 bridgehead atoms. The molecule has 27 heavy (non-hydrogen) atoms. The number of aliphatic hydroxyl groups is 1. The summed E-state index contributed by atoms with van der Waals surface area (Å²) in [5.74, 6) is -0.521. The van der Waals surface area contributed by atoms with Crippen LogP contribution in [0.5, 0.6) is 0 Å². The van der Waals surface area contributed by atoms with Gasteiger partial charge in [0.2, 0.25) is 0 Å². The summed E-state index contributed by atoms with van der Waals surface area (Å²) in [4.78, 5) is 32.4. The van der Waals surface area contributed by atoms with E-state index in [0.717, 1.165) is 12.8 Å². The highest BCUT2D eigenvalue weighted by Crippen LogP contribution is 2.24. The van der Waals surface area contributed by atoms with Crippen LogP contribution in [-0.2, 0) is 18.6 Å². The summed E-state index contributed by atoms with van der Waals surface area (Å²) in [6.07, 6.45) is 14.8. The van der Waals surface area contributed by atoms with E-state index in [0.29, 0.717) is 6.42 Å². The van der Waals surface area contributed by atoms with E-state index in [-0.39, 0.29) is 6.42 Å². The summed E-state index contributed by atoms with van der Waals surface area (Å²) in [6, 6.07) is 0. The van der Waals surface area contributed by atoms with Gasteiger partial charge in [-0.05, 0) is 6.42 Å². The normalized spacial score (nSPS) is 12.9. The minimum Gasteiger partial charge on any atom is -0.790 e. The monoisotopic (exact) mass is 408 g/mol. The van der Waals surface area contributed by atoms with Crippen LogP contribution < -0.4 is 9.79 Å². The van der Waals surface area contributed by atoms with Gasteiger partial charge in [-0.2, -0.15) is 0 Å². The van der Waals surface area contributed by atoms with Crippen molar-refractivity contribution in [2.45, 2.75) is 103 Å². The van der Waals surface area contributed by atoms with Gasteiger partial charge in [0.05, 0.1) is 21.0 Å². The van der Waals surface area contributed by atoms with E-state index in [2.05, 4.69) is 11.4 Å². The zero-order chi connectivity index (χ0) is 20.4. The first-order chi connectivity index (χ1) is 12.9. The second kappa shape index (κ2) is 17.6. The molecule has 7 nitrogen and oxygen atoms in total. The number of hydrogen-bond donors (Lipinski definition) is 1. The summed E-state index contributed by atoms with van der Waals surface area (Å²) in [6.45, 7) is 0.991. The molecule has 1 N–H and O–H groups in total. The lowest BCUT2D eigenvalue weighted by Gasteiger charge is -2.30. The van der Waals surface area contributed by atoms with Crippen molar-refractivity contribution < 1.29 is 33.5 Å². The third-order valence-electron chi connectivity index (χ3n) is 4.40. The number of unbranched alkanes of at least 4 members (excludes halogenated alkanes) is 12. The Balaban J connectivity index is 3.46. The first-order valence-corrected chi connectivity index (χ1v) is 11.8. The summed E-state index contributed by atoms with van der Waals surface area (Å²) in [7, 11) is -5.13. The van der Waals surface area contributed by atoms with E-state index < -0.39 is 33.1 Å². The third kappa shape index (κ3) is 20.1. The highest BCUT2D eigenvalue weighted by molar-refractivity contribution is 7.43. The zero-order valence-corrected chi connectivity index (χ0v) is 17.6. The lowest BCUT2D eigenvalue weighted by molar-refractivity contribution is -0.343. The van der Waals surface area contributed by atoms with Crippen LogP contribution in [0.2, 0.25) is 0 Å². The summed E-state index contributed by atoms with van der Waals surface area (Å²) >= 11 is 0. The molecule has 0 fully saturated rings. The highest BCUT2D eigenvalue weighted by atomic mass is 31.2. The van der Waals surface area contributed by atoms with Gasteiger partial charge < -0.3 is 28.7 Å². The maximum absolute atomic E-state index is 11.6. The van der Waals surface area contributed by atoms with E-state index >= 15 is 0 Å². The maximum Gasteiger partial charge on any atom is 0.306 e. The van der Waals surface area contributed by atoms with Crippen LogP contribution >= 0.6 is 7.82 Å². The third-order valence-corrected chi connectivity index (χ3v) is 4.87. The predicted octanol–water partition coefficient (Wildman–Crippen LogP) is 3.22. The van der Waals surface area contributed by atoms with E-state index in [1.807, 2.05) is 0 Å². The molecule has 0 spiro atoms. The van der Waals surface area contributed by atoms with E-state index in [1.54, 1.807) is 0 Å². The molecule has 0 unspecified atom stereocenters. The number of esters is 1. The SMILES string of the molecule is CCCCCCCCCCCCCCCC(=O)O[C@H](CO)COP(=O)([O-])[O-]. The van der Waals surface area contributed by atoms with Crippen molar-refractivity contribution in [1.82, 2.24) is 0 Å². The van der Waals surface area contributed by atoms with Gasteiger partial charge >= 0.3 is 5.97 Å². The van der Waals surface area contributed by atoms with Crippen molar-refractivity contribution in [1.29, 1.82) is 0 Å². The summed E-state index contributed by atoms with van der Waals surface area (Å²) in [5, 5.41) is 9.00. The van der Waals surface area contributed by atoms with Crippen LogP contribution in [0.3, 0.4) is 0 Å². The second-order valence-electron chi connectivity index (χ2n) is 7.03. The Kier molecular flexibility index (Phi) is 17.3. The van der Waals surface area contributed by atoms with Crippen LogP contribution in [0.25, 0.3) is 0 Å².